The highest BCUT2D eigenvalue weighted by molar-refractivity contribution is 6.34. The fourth-order valence-electron chi connectivity index (χ4n) is 6.94. The Labute approximate surface area is 336 Å². The molecule has 5 amide bonds. The van der Waals surface area contributed by atoms with Crippen LogP contribution in [0.15, 0.2) is 91.0 Å². The van der Waals surface area contributed by atoms with Crippen LogP contribution in [0.4, 0.5) is 37.7 Å². The number of nitrogens with two attached hydrogens (primary N) is 1. The summed E-state index contributed by atoms with van der Waals surface area (Å²) in [7, 11) is 1.50. The van der Waals surface area contributed by atoms with Gasteiger partial charge in [0.25, 0.3) is 29.5 Å². The number of hydrogen-bond acceptors (Lipinski definition) is 8. The molecule has 3 N–H and O–H groups in total. The SMILES string of the molecule is CC(C)N1C(=O)c2ccc(-c3ccc4c(c3)C(=O)N(c3ccc(-c5ccc(NC(=O)c6cc(C=O)cc(C=O)c6)cc5C(F)(F)F)c(C(F)(F)F)c3)C4=O)cc2C1=O.CN. The van der Waals surface area contributed by atoms with Crippen molar-refractivity contribution < 1.29 is 59.9 Å². The number of hydrogen-bond donors (Lipinski definition) is 2. The second-order valence-corrected chi connectivity index (χ2v) is 13.6. The van der Waals surface area contributed by atoms with Crippen LogP contribution in [0.3, 0.4) is 0 Å². The molecule has 0 aromatic heterocycles. The molecule has 60 heavy (non-hydrogen) atoms. The maximum Gasteiger partial charge on any atom is 0.417 e. The van der Waals surface area contributed by atoms with Crippen LogP contribution >= 0.6 is 0 Å². The van der Waals surface area contributed by atoms with Crippen LogP contribution in [-0.2, 0) is 12.4 Å². The molecule has 0 radical (unpaired) electrons. The van der Waals surface area contributed by atoms with Gasteiger partial charge < -0.3 is 11.1 Å². The first-order valence-electron chi connectivity index (χ1n) is 17.7. The molecule has 17 heteroatoms. The van der Waals surface area contributed by atoms with Gasteiger partial charge in [-0.1, -0.05) is 24.3 Å². The van der Waals surface area contributed by atoms with E-state index in [-0.39, 0.29) is 38.9 Å². The summed E-state index contributed by atoms with van der Waals surface area (Å²) in [5.41, 5.74) is -1.29. The molecule has 0 saturated carbocycles. The van der Waals surface area contributed by atoms with Crippen LogP contribution < -0.4 is 16.0 Å². The summed E-state index contributed by atoms with van der Waals surface area (Å²) < 4.78 is 87.5. The summed E-state index contributed by atoms with van der Waals surface area (Å²) in [6, 6.07) is 15.5. The summed E-state index contributed by atoms with van der Waals surface area (Å²) in [4.78, 5) is 89.8. The van der Waals surface area contributed by atoms with E-state index in [9.17, 15) is 59.9 Å². The number of halogens is 6. The van der Waals surface area contributed by atoms with Gasteiger partial charge in [-0.2, -0.15) is 26.3 Å². The number of benzene rings is 5. The fraction of sp³-hybridized carbons (Fsp3) is 0.140. The lowest BCUT2D eigenvalue weighted by atomic mass is 9.93. The van der Waals surface area contributed by atoms with E-state index in [1.807, 2.05) is 0 Å². The Kier molecular flexibility index (Phi) is 11.2. The van der Waals surface area contributed by atoms with Gasteiger partial charge in [-0.05, 0) is 110 Å². The third-order valence-electron chi connectivity index (χ3n) is 9.61. The second kappa shape index (κ2) is 15.8. The Bertz CT molecular complexity index is 2650. The minimum atomic E-state index is -5.30. The number of carbonyl (C=O) groups is 7. The van der Waals surface area contributed by atoms with Crippen molar-refractivity contribution in [3.63, 3.8) is 0 Å². The van der Waals surface area contributed by atoms with Crippen LogP contribution in [0.2, 0.25) is 0 Å². The third-order valence-corrected chi connectivity index (χ3v) is 9.61. The predicted molar refractivity (Wildman–Crippen MR) is 206 cm³/mol. The molecule has 2 aliphatic rings. The van der Waals surface area contributed by atoms with E-state index in [0.717, 1.165) is 29.2 Å². The normalized spacial score (nSPS) is 13.6. The van der Waals surface area contributed by atoms with Gasteiger partial charge in [0.15, 0.2) is 0 Å². The molecule has 0 fully saturated rings. The number of nitrogens with zero attached hydrogens (tertiary/aromatic N) is 2. The van der Waals surface area contributed by atoms with Crippen LogP contribution in [-0.4, -0.2) is 60.1 Å². The van der Waals surface area contributed by atoms with E-state index in [0.29, 0.717) is 52.9 Å². The van der Waals surface area contributed by atoms with E-state index in [4.69, 9.17) is 0 Å². The molecule has 2 heterocycles. The number of aldehydes is 2. The molecular weight excluding hydrogens is 798 g/mol. The lowest BCUT2D eigenvalue weighted by Gasteiger charge is -2.21. The molecule has 2 aliphatic heterocycles. The Morgan fingerprint density at radius 3 is 1.55 bits per heavy atom. The van der Waals surface area contributed by atoms with Gasteiger partial charge in [-0.15, -0.1) is 0 Å². The number of imide groups is 2. The van der Waals surface area contributed by atoms with Crippen LogP contribution in [0.25, 0.3) is 22.3 Å². The number of rotatable bonds is 8. The maximum absolute atomic E-state index is 14.7. The quantitative estimate of drug-likeness (QED) is 0.0896. The molecule has 306 valence electrons. The van der Waals surface area contributed by atoms with Crippen molar-refractivity contribution in [1.82, 2.24) is 4.90 Å². The van der Waals surface area contributed by atoms with Crippen LogP contribution in [0, 0.1) is 0 Å². The van der Waals surface area contributed by atoms with E-state index in [1.54, 1.807) is 13.8 Å². The molecule has 7 rings (SSSR count). The number of alkyl halides is 6. The summed E-state index contributed by atoms with van der Waals surface area (Å²) in [6.07, 6.45) is -9.86. The second-order valence-electron chi connectivity index (χ2n) is 13.6. The summed E-state index contributed by atoms with van der Waals surface area (Å²) >= 11 is 0. The van der Waals surface area contributed by atoms with Crippen molar-refractivity contribution in [1.29, 1.82) is 0 Å². The van der Waals surface area contributed by atoms with Gasteiger partial charge in [-0.25, -0.2) is 4.90 Å². The largest absolute Gasteiger partial charge is 0.417 e. The zero-order valence-corrected chi connectivity index (χ0v) is 31.5. The van der Waals surface area contributed by atoms with Crippen LogP contribution in [0.5, 0.6) is 0 Å². The third kappa shape index (κ3) is 7.57. The van der Waals surface area contributed by atoms with Crippen molar-refractivity contribution in [2.45, 2.75) is 32.2 Å². The molecule has 0 atom stereocenters. The molecule has 0 saturated heterocycles. The number of anilines is 2. The Morgan fingerprint density at radius 2 is 1.03 bits per heavy atom. The number of carbonyl (C=O) groups excluding carboxylic acids is 7. The smallest absolute Gasteiger partial charge is 0.333 e. The molecular formula is C43H30F6N4O7. The van der Waals surface area contributed by atoms with Crippen molar-refractivity contribution in [3.05, 3.63) is 141 Å². The minimum Gasteiger partial charge on any atom is -0.333 e. The minimum absolute atomic E-state index is 0.0678. The lowest BCUT2D eigenvalue weighted by molar-refractivity contribution is -0.139. The molecule has 11 nitrogen and oxygen atoms in total. The first-order chi connectivity index (χ1) is 28.3. The molecule has 5 aromatic carbocycles. The highest BCUT2D eigenvalue weighted by Crippen LogP contribution is 2.45. The zero-order valence-electron chi connectivity index (χ0n) is 31.5. The highest BCUT2D eigenvalue weighted by atomic mass is 19.4. The monoisotopic (exact) mass is 828 g/mol. The highest BCUT2D eigenvalue weighted by Gasteiger charge is 2.42. The van der Waals surface area contributed by atoms with Gasteiger partial charge in [0, 0.05) is 28.4 Å². The number of nitrogens with one attached hydrogen (secondary N) is 1. The van der Waals surface area contributed by atoms with E-state index >= 15 is 0 Å². The first kappa shape index (κ1) is 42.3. The van der Waals surface area contributed by atoms with Crippen LogP contribution in [0.1, 0.15) is 97.5 Å². The summed E-state index contributed by atoms with van der Waals surface area (Å²) in [5.74, 6) is -4.02. The molecule has 0 aliphatic carbocycles. The average molecular weight is 829 g/mol. The summed E-state index contributed by atoms with van der Waals surface area (Å²) in [6.45, 7) is 3.35. The topological polar surface area (TPSA) is 164 Å². The van der Waals surface area contributed by atoms with Crippen molar-refractivity contribution in [3.8, 4) is 22.3 Å². The number of amides is 5. The van der Waals surface area contributed by atoms with E-state index in [2.05, 4.69) is 11.1 Å². The van der Waals surface area contributed by atoms with Gasteiger partial charge in [0.2, 0.25) is 0 Å². The number of fused-ring (bicyclic) bond motifs is 2. The van der Waals surface area contributed by atoms with Gasteiger partial charge in [-0.3, -0.25) is 38.5 Å². The van der Waals surface area contributed by atoms with Crippen molar-refractivity contribution in [2.75, 3.05) is 17.3 Å². The van der Waals surface area contributed by atoms with Crippen molar-refractivity contribution in [2.24, 2.45) is 5.73 Å². The van der Waals surface area contributed by atoms with E-state index < -0.39 is 81.6 Å². The van der Waals surface area contributed by atoms with Gasteiger partial charge in [0.05, 0.1) is 39.1 Å². The molecule has 0 bridgehead atoms. The molecule has 5 aromatic rings. The molecule has 0 spiro atoms. The Hall–Kier alpha value is -7.27. The maximum atomic E-state index is 14.7. The predicted octanol–water partition coefficient (Wildman–Crippen LogP) is 8.32. The standard InChI is InChI=1S/C42H25F6N3O7.CH5N/c1-20(2)50-37(55)30-7-3-23(14-32(30)39(50)57)24-4-8-31-33(15-24)40(58)51(38(31)56)27-6-10-29(35(17-27)42(46,47)48)28-9-5-26(16-34(28)41(43,44)45)49-36(54)25-12-21(18-52)11-22(13-25)19-53;1-2/h3-20H,1-2H3,(H,49,54);2H2,1H3. The Morgan fingerprint density at radius 1 is 0.583 bits per heavy atom. The zero-order chi connectivity index (χ0) is 44.0. The summed E-state index contributed by atoms with van der Waals surface area (Å²) in [5, 5.41) is 2.19. The average Bonchev–Trinajstić information content (AvgIpc) is 3.63. The first-order valence-corrected chi connectivity index (χ1v) is 17.7. The van der Waals surface area contributed by atoms with Gasteiger partial charge >= 0.3 is 12.4 Å². The fourth-order valence-corrected chi connectivity index (χ4v) is 6.94. The van der Waals surface area contributed by atoms with Crippen molar-refractivity contribution >= 4 is 53.5 Å². The van der Waals surface area contributed by atoms with E-state index in [1.165, 1.54) is 49.5 Å². The lowest BCUT2D eigenvalue weighted by Crippen LogP contribution is -2.35. The van der Waals surface area contributed by atoms with Gasteiger partial charge in [0.1, 0.15) is 12.6 Å². The Balaban J connectivity index is 0.00000297. The molecule has 0 unspecified atom stereocenters.